The summed E-state index contributed by atoms with van der Waals surface area (Å²) in [6.45, 7) is 7.83. The van der Waals surface area contributed by atoms with Gasteiger partial charge in [-0.2, -0.15) is 0 Å². The van der Waals surface area contributed by atoms with Crippen molar-refractivity contribution in [2.24, 2.45) is 11.8 Å². The molecule has 39 heavy (non-hydrogen) atoms. The van der Waals surface area contributed by atoms with Crippen molar-refractivity contribution < 1.29 is 23.9 Å². The third kappa shape index (κ3) is 7.65. The highest BCUT2D eigenvalue weighted by Gasteiger charge is 2.38. The first-order valence-electron chi connectivity index (χ1n) is 14.8. The van der Waals surface area contributed by atoms with E-state index in [-0.39, 0.29) is 29.9 Å². The quantitative estimate of drug-likeness (QED) is 0.366. The average Bonchev–Trinajstić information content (AvgIpc) is 3.34. The fraction of sp³-hybridized carbons (Fsp3) is 0.710. The highest BCUT2D eigenvalue weighted by molar-refractivity contribution is 7.15. The number of carbonyl (C=O) groups excluding carboxylic acids is 3. The van der Waals surface area contributed by atoms with Crippen LogP contribution in [0.2, 0.25) is 0 Å². The van der Waals surface area contributed by atoms with Crippen LogP contribution in [0.3, 0.4) is 0 Å². The molecule has 0 atom stereocenters. The number of hydrogen-bond acceptors (Lipinski definition) is 6. The average molecular weight is 559 g/mol. The Morgan fingerprint density at radius 3 is 2.28 bits per heavy atom. The molecule has 0 aromatic carbocycles. The second-order valence-corrected chi connectivity index (χ2v) is 13.7. The van der Waals surface area contributed by atoms with Gasteiger partial charge in [-0.3, -0.25) is 4.79 Å². The summed E-state index contributed by atoms with van der Waals surface area (Å²) in [5, 5.41) is 3.01. The summed E-state index contributed by atoms with van der Waals surface area (Å²) in [5.74, 6) is 0.376. The number of hydrogen-bond donors (Lipinski definition) is 1. The van der Waals surface area contributed by atoms with Gasteiger partial charge in [0.25, 0.3) is 0 Å². The number of allylic oxidation sites excluding steroid dienone is 2. The van der Waals surface area contributed by atoms with Crippen LogP contribution in [0.4, 0.5) is 10.5 Å². The van der Waals surface area contributed by atoms with Gasteiger partial charge in [0, 0.05) is 22.9 Å². The Hall–Kier alpha value is -2.35. The summed E-state index contributed by atoms with van der Waals surface area (Å²) in [5.41, 5.74) is 1.43. The minimum absolute atomic E-state index is 0.00842. The lowest BCUT2D eigenvalue weighted by atomic mass is 9.81. The Labute approximate surface area is 237 Å². The molecule has 7 nitrogen and oxygen atoms in total. The molecule has 216 valence electrons. The van der Waals surface area contributed by atoms with Gasteiger partial charge in [0.1, 0.15) is 10.5 Å². The number of methoxy groups -OCH3 is 1. The second kappa shape index (κ2) is 12.9. The van der Waals surface area contributed by atoms with Crippen molar-refractivity contribution in [3.63, 3.8) is 0 Å². The summed E-state index contributed by atoms with van der Waals surface area (Å²) < 4.78 is 10.7. The van der Waals surface area contributed by atoms with Crippen LogP contribution >= 0.6 is 11.3 Å². The van der Waals surface area contributed by atoms with E-state index in [1.165, 1.54) is 30.4 Å². The van der Waals surface area contributed by atoms with E-state index in [1.54, 1.807) is 0 Å². The Kier molecular flexibility index (Phi) is 9.78. The van der Waals surface area contributed by atoms with Crippen molar-refractivity contribution in [1.29, 1.82) is 0 Å². The van der Waals surface area contributed by atoms with Gasteiger partial charge >= 0.3 is 12.1 Å². The van der Waals surface area contributed by atoms with Crippen molar-refractivity contribution in [3.8, 4) is 0 Å². The number of esters is 1. The largest absolute Gasteiger partial charge is 0.465 e. The van der Waals surface area contributed by atoms with Gasteiger partial charge < -0.3 is 19.7 Å². The van der Waals surface area contributed by atoms with Crippen LogP contribution in [0.15, 0.2) is 12.1 Å². The van der Waals surface area contributed by atoms with Gasteiger partial charge in [0.15, 0.2) is 0 Å². The molecule has 0 radical (unpaired) electrons. The zero-order valence-electron chi connectivity index (χ0n) is 24.3. The Bertz CT molecular complexity index is 1060. The third-order valence-electron chi connectivity index (χ3n) is 8.34. The first-order valence-corrected chi connectivity index (χ1v) is 15.6. The number of thiophene rings is 1. The van der Waals surface area contributed by atoms with Crippen LogP contribution in [0.1, 0.15) is 119 Å². The molecular formula is C31H46N2O5S. The number of ether oxygens (including phenoxy) is 2. The molecule has 1 N–H and O–H groups in total. The molecule has 2 saturated carbocycles. The zero-order chi connectivity index (χ0) is 28.2. The molecule has 2 amide bonds. The van der Waals surface area contributed by atoms with Crippen molar-refractivity contribution in [2.75, 3.05) is 12.0 Å². The van der Waals surface area contributed by atoms with Crippen LogP contribution in [-0.2, 0) is 14.3 Å². The van der Waals surface area contributed by atoms with E-state index in [1.807, 2.05) is 25.7 Å². The summed E-state index contributed by atoms with van der Waals surface area (Å²) in [7, 11) is 1.41. The summed E-state index contributed by atoms with van der Waals surface area (Å²) in [6.07, 6.45) is 13.2. The number of anilines is 1. The van der Waals surface area contributed by atoms with E-state index < -0.39 is 11.7 Å². The van der Waals surface area contributed by atoms with Gasteiger partial charge in [-0.15, -0.1) is 11.3 Å². The number of amides is 2. The van der Waals surface area contributed by atoms with Crippen LogP contribution < -0.4 is 10.2 Å². The van der Waals surface area contributed by atoms with E-state index in [0.29, 0.717) is 16.5 Å². The summed E-state index contributed by atoms with van der Waals surface area (Å²) >= 11 is 1.46. The lowest BCUT2D eigenvalue weighted by Gasteiger charge is -2.39. The molecule has 3 aliphatic rings. The number of carbonyl (C=O) groups is 3. The SMILES string of the molecule is COC(=O)c1sc(C2=CCCCC2)cc1N(C(=O)C1CCC(C)CC1)C1CCC(NC(=O)OC(C)(C)C)CC1. The molecule has 1 aromatic rings. The first-order chi connectivity index (χ1) is 18.6. The van der Waals surface area contributed by atoms with Gasteiger partial charge in [0.05, 0.1) is 12.8 Å². The molecule has 0 aliphatic heterocycles. The van der Waals surface area contributed by atoms with E-state index >= 15 is 0 Å². The zero-order valence-corrected chi connectivity index (χ0v) is 25.2. The maximum atomic E-state index is 14.2. The smallest absolute Gasteiger partial charge is 0.407 e. The fourth-order valence-corrected chi connectivity index (χ4v) is 7.31. The number of nitrogens with zero attached hydrogens (tertiary/aromatic N) is 1. The van der Waals surface area contributed by atoms with E-state index in [2.05, 4.69) is 24.4 Å². The third-order valence-corrected chi connectivity index (χ3v) is 9.52. The van der Waals surface area contributed by atoms with E-state index in [0.717, 1.165) is 75.5 Å². The molecular weight excluding hydrogens is 512 g/mol. The number of nitrogens with one attached hydrogen (secondary N) is 1. The lowest BCUT2D eigenvalue weighted by molar-refractivity contribution is -0.124. The first kappa shape index (κ1) is 29.6. The monoisotopic (exact) mass is 558 g/mol. The number of rotatable bonds is 6. The molecule has 2 fully saturated rings. The lowest BCUT2D eigenvalue weighted by Crippen LogP contribution is -2.49. The van der Waals surface area contributed by atoms with Gasteiger partial charge in [-0.1, -0.05) is 13.0 Å². The standard InChI is InChI=1S/C31H46N2O5S/c1-20-11-13-22(14-12-20)28(34)33(24-17-15-23(16-18-24)32-30(36)38-31(2,3)4)25-19-26(21-9-7-6-8-10-21)39-27(25)29(35)37-5/h9,19-20,22-24H,6-8,10-18H2,1-5H3,(H,32,36). The van der Waals surface area contributed by atoms with Gasteiger partial charge in [0.2, 0.25) is 5.91 Å². The Morgan fingerprint density at radius 2 is 1.69 bits per heavy atom. The van der Waals surface area contributed by atoms with Gasteiger partial charge in [-0.05, 0) is 115 Å². The summed E-state index contributed by atoms with van der Waals surface area (Å²) in [6, 6.07) is 2.05. The van der Waals surface area contributed by atoms with E-state index in [9.17, 15) is 14.4 Å². The topological polar surface area (TPSA) is 84.9 Å². The fourth-order valence-electron chi connectivity index (χ4n) is 6.17. The van der Waals surface area contributed by atoms with Crippen molar-refractivity contribution in [3.05, 3.63) is 21.9 Å². The molecule has 0 bridgehead atoms. The minimum Gasteiger partial charge on any atom is -0.465 e. The molecule has 1 heterocycles. The van der Waals surface area contributed by atoms with Crippen molar-refractivity contribution >= 4 is 40.6 Å². The Balaban J connectivity index is 1.60. The van der Waals surface area contributed by atoms with E-state index in [4.69, 9.17) is 9.47 Å². The Morgan fingerprint density at radius 1 is 1.00 bits per heavy atom. The molecule has 8 heteroatoms. The summed E-state index contributed by atoms with van der Waals surface area (Å²) in [4.78, 5) is 43.2. The highest BCUT2D eigenvalue weighted by atomic mass is 32.1. The predicted octanol–water partition coefficient (Wildman–Crippen LogP) is 7.49. The maximum absolute atomic E-state index is 14.2. The number of alkyl carbamates (subject to hydrolysis) is 1. The van der Waals surface area contributed by atoms with Crippen LogP contribution in [0.5, 0.6) is 0 Å². The minimum atomic E-state index is -0.545. The second-order valence-electron chi connectivity index (χ2n) is 12.6. The molecule has 1 aromatic heterocycles. The highest BCUT2D eigenvalue weighted by Crippen LogP contribution is 2.42. The molecule has 0 saturated heterocycles. The maximum Gasteiger partial charge on any atom is 0.407 e. The normalized spacial score (nSPS) is 25.8. The van der Waals surface area contributed by atoms with Gasteiger partial charge in [-0.25, -0.2) is 9.59 Å². The molecule has 4 rings (SSSR count). The molecule has 0 spiro atoms. The van der Waals surface area contributed by atoms with Crippen LogP contribution in [-0.4, -0.2) is 42.8 Å². The van der Waals surface area contributed by atoms with Crippen molar-refractivity contribution in [2.45, 2.75) is 122 Å². The van der Waals surface area contributed by atoms with Crippen molar-refractivity contribution in [1.82, 2.24) is 5.32 Å². The molecule has 3 aliphatic carbocycles. The molecule has 0 unspecified atom stereocenters. The van der Waals surface area contributed by atoms with Crippen LogP contribution in [0.25, 0.3) is 5.57 Å². The van der Waals surface area contributed by atoms with Crippen LogP contribution in [0, 0.1) is 11.8 Å². The predicted molar refractivity (Wildman–Crippen MR) is 156 cm³/mol.